The highest BCUT2D eigenvalue weighted by molar-refractivity contribution is 5.96. The summed E-state index contributed by atoms with van der Waals surface area (Å²) in [6.07, 6.45) is 4.25. The number of ether oxygens (including phenoxy) is 2. The Balaban J connectivity index is 1.54. The number of nitrogens with zero attached hydrogens (tertiary/aromatic N) is 2. The number of amides is 1. The summed E-state index contributed by atoms with van der Waals surface area (Å²) >= 11 is 0. The number of esters is 1. The minimum absolute atomic E-state index is 0.0590. The number of carbonyl (C=O) groups is 2. The number of hydrogen-bond donors (Lipinski definition) is 1. The highest BCUT2D eigenvalue weighted by atomic mass is 16.6. The first-order valence-corrected chi connectivity index (χ1v) is 13.1. The maximum atomic E-state index is 12.6. The maximum Gasteiger partial charge on any atom is 0.412 e. The van der Waals surface area contributed by atoms with E-state index in [1.165, 1.54) is 13.2 Å². The summed E-state index contributed by atoms with van der Waals surface area (Å²) < 4.78 is 12.2. The summed E-state index contributed by atoms with van der Waals surface area (Å²) in [6.45, 7) is 0.0590. The molecule has 0 aliphatic rings. The van der Waals surface area contributed by atoms with Crippen molar-refractivity contribution in [2.75, 3.05) is 7.11 Å². The number of aromatic nitrogens is 2. The van der Waals surface area contributed by atoms with Gasteiger partial charge in [-0.2, -0.15) is 0 Å². The van der Waals surface area contributed by atoms with E-state index in [4.69, 9.17) is 9.47 Å². The predicted octanol–water partition coefficient (Wildman–Crippen LogP) is 6.16. The van der Waals surface area contributed by atoms with Gasteiger partial charge in [0.05, 0.1) is 19.1 Å². The smallest absolute Gasteiger partial charge is 0.412 e. The summed E-state index contributed by atoms with van der Waals surface area (Å²) in [5, 5.41) is 2.51. The molecule has 7 nitrogen and oxygen atoms in total. The molecule has 0 aliphatic heterocycles. The number of benzene rings is 4. The second-order valence-electron chi connectivity index (χ2n) is 9.25. The topological polar surface area (TPSA) is 82.5 Å². The molecule has 0 aliphatic carbocycles. The quantitative estimate of drug-likeness (QED) is 0.137. The molecular formula is C34H29N3O4. The van der Waals surface area contributed by atoms with E-state index in [-0.39, 0.29) is 12.3 Å². The van der Waals surface area contributed by atoms with E-state index in [2.05, 4.69) is 46.7 Å². The molecule has 41 heavy (non-hydrogen) atoms. The molecule has 0 spiro atoms. The summed E-state index contributed by atoms with van der Waals surface area (Å²) in [5.74, 6) is -0.725. The lowest BCUT2D eigenvalue weighted by Gasteiger charge is -2.37. The molecule has 204 valence electrons. The fourth-order valence-electron chi connectivity index (χ4n) is 4.85. The zero-order valence-electron chi connectivity index (χ0n) is 22.5. The van der Waals surface area contributed by atoms with Crippen molar-refractivity contribution in [1.29, 1.82) is 0 Å². The van der Waals surface area contributed by atoms with Crippen molar-refractivity contribution >= 4 is 18.1 Å². The minimum Gasteiger partial charge on any atom is -0.464 e. The first-order valence-electron chi connectivity index (χ1n) is 13.1. The number of carbonyl (C=O) groups excluding carboxylic acids is 2. The Bertz CT molecular complexity index is 1520. The molecule has 0 bridgehead atoms. The van der Waals surface area contributed by atoms with Gasteiger partial charge in [0.1, 0.15) is 17.8 Å². The molecule has 1 amide bonds. The van der Waals surface area contributed by atoms with E-state index >= 15 is 0 Å². The number of alkyl carbamates (subject to hydrolysis) is 1. The Morgan fingerprint density at radius 2 is 1.27 bits per heavy atom. The van der Waals surface area contributed by atoms with Gasteiger partial charge < -0.3 is 14.0 Å². The van der Waals surface area contributed by atoms with Crippen LogP contribution in [0.25, 0.3) is 6.08 Å². The Labute approximate surface area is 238 Å². The molecule has 5 rings (SSSR count). The Morgan fingerprint density at radius 3 is 1.76 bits per heavy atom. The van der Waals surface area contributed by atoms with Crippen LogP contribution in [0.4, 0.5) is 4.79 Å². The molecule has 1 N–H and O–H groups in total. The van der Waals surface area contributed by atoms with E-state index in [0.29, 0.717) is 5.69 Å². The maximum absolute atomic E-state index is 12.6. The van der Waals surface area contributed by atoms with E-state index in [9.17, 15) is 9.59 Å². The van der Waals surface area contributed by atoms with E-state index in [1.54, 1.807) is 6.33 Å². The van der Waals surface area contributed by atoms with Crippen LogP contribution in [0.3, 0.4) is 0 Å². The number of imidazole rings is 1. The van der Waals surface area contributed by atoms with Crippen molar-refractivity contribution in [1.82, 2.24) is 14.9 Å². The first kappa shape index (κ1) is 27.1. The van der Waals surface area contributed by atoms with Gasteiger partial charge >= 0.3 is 12.1 Å². The molecule has 0 saturated carbocycles. The lowest BCUT2D eigenvalue weighted by Crippen LogP contribution is -2.36. The first-order chi connectivity index (χ1) is 20.1. The molecule has 5 aromatic rings. The largest absolute Gasteiger partial charge is 0.464 e. The highest BCUT2D eigenvalue weighted by Crippen LogP contribution is 2.40. The SMILES string of the molecule is COC(=O)/C(=C/c1cn(C(c2ccccc2)(c2ccccc2)c2ccccc2)cn1)NC(=O)OCc1ccccc1. The fraction of sp³-hybridized carbons (Fsp3) is 0.0882. The summed E-state index contributed by atoms with van der Waals surface area (Å²) in [4.78, 5) is 29.8. The van der Waals surface area contributed by atoms with Crippen LogP contribution in [0.2, 0.25) is 0 Å². The molecule has 0 saturated heterocycles. The number of nitrogens with one attached hydrogen (secondary N) is 1. The van der Waals surface area contributed by atoms with Crippen LogP contribution in [-0.4, -0.2) is 28.7 Å². The molecule has 1 aromatic heterocycles. The van der Waals surface area contributed by atoms with Crippen molar-refractivity contribution in [3.8, 4) is 0 Å². The monoisotopic (exact) mass is 543 g/mol. The number of hydrogen-bond acceptors (Lipinski definition) is 5. The normalized spacial score (nSPS) is 11.5. The van der Waals surface area contributed by atoms with Gasteiger partial charge in [0, 0.05) is 6.20 Å². The molecule has 7 heteroatoms. The second kappa shape index (κ2) is 12.6. The van der Waals surface area contributed by atoms with Crippen LogP contribution < -0.4 is 5.32 Å². The number of rotatable bonds is 9. The molecule has 4 aromatic carbocycles. The molecule has 0 fully saturated rings. The van der Waals surface area contributed by atoms with Crippen LogP contribution in [-0.2, 0) is 26.4 Å². The van der Waals surface area contributed by atoms with Gasteiger partial charge in [0.2, 0.25) is 0 Å². The van der Waals surface area contributed by atoms with Gasteiger partial charge in [-0.15, -0.1) is 0 Å². The minimum atomic E-state index is -0.780. The molecule has 0 unspecified atom stereocenters. The van der Waals surface area contributed by atoms with Crippen LogP contribution in [0, 0.1) is 0 Å². The Morgan fingerprint density at radius 1 is 0.780 bits per heavy atom. The van der Waals surface area contributed by atoms with Crippen molar-refractivity contribution in [3.05, 3.63) is 167 Å². The van der Waals surface area contributed by atoms with Gasteiger partial charge in [0.25, 0.3) is 0 Å². The molecular weight excluding hydrogens is 514 g/mol. The van der Waals surface area contributed by atoms with Crippen molar-refractivity contribution in [2.45, 2.75) is 12.1 Å². The average molecular weight is 544 g/mol. The third-order valence-electron chi connectivity index (χ3n) is 6.71. The van der Waals surface area contributed by atoms with Crippen LogP contribution in [0.5, 0.6) is 0 Å². The third-order valence-corrected chi connectivity index (χ3v) is 6.71. The van der Waals surface area contributed by atoms with Gasteiger partial charge in [-0.3, -0.25) is 5.32 Å². The standard InChI is InChI=1S/C34H29N3O4/c1-40-32(38)31(36-33(39)41-24-26-14-6-2-7-15-26)22-30-23-37(25-35-30)34(27-16-8-3-9-17-27,28-18-10-4-11-19-28)29-20-12-5-13-21-29/h2-23,25H,24H2,1H3,(H,36,39)/b31-22-. The van der Waals surface area contributed by atoms with Gasteiger partial charge in [-0.25, -0.2) is 14.6 Å². The highest BCUT2D eigenvalue weighted by Gasteiger charge is 2.38. The van der Waals surface area contributed by atoms with E-state index < -0.39 is 17.6 Å². The van der Waals surface area contributed by atoms with Crippen LogP contribution in [0.1, 0.15) is 27.9 Å². The van der Waals surface area contributed by atoms with Gasteiger partial charge in [-0.1, -0.05) is 121 Å². The van der Waals surface area contributed by atoms with Crippen LogP contribution in [0.15, 0.2) is 140 Å². The predicted molar refractivity (Wildman–Crippen MR) is 157 cm³/mol. The van der Waals surface area contributed by atoms with E-state index in [1.807, 2.05) is 95.7 Å². The van der Waals surface area contributed by atoms with E-state index in [0.717, 1.165) is 22.3 Å². The molecule has 1 heterocycles. The van der Waals surface area contributed by atoms with Crippen molar-refractivity contribution in [2.24, 2.45) is 0 Å². The zero-order chi connectivity index (χ0) is 28.5. The lowest BCUT2D eigenvalue weighted by molar-refractivity contribution is -0.136. The summed E-state index contributed by atoms with van der Waals surface area (Å²) in [7, 11) is 1.25. The number of methoxy groups -OCH3 is 1. The van der Waals surface area contributed by atoms with Crippen molar-refractivity contribution in [3.63, 3.8) is 0 Å². The second-order valence-corrected chi connectivity index (χ2v) is 9.25. The van der Waals surface area contributed by atoms with Crippen LogP contribution >= 0.6 is 0 Å². The lowest BCUT2D eigenvalue weighted by atomic mass is 9.77. The van der Waals surface area contributed by atoms with Gasteiger partial charge in [0.15, 0.2) is 0 Å². The third kappa shape index (κ3) is 5.94. The zero-order valence-corrected chi connectivity index (χ0v) is 22.5. The molecule has 0 atom stereocenters. The summed E-state index contributed by atoms with van der Waals surface area (Å²) in [6, 6.07) is 39.8. The molecule has 0 radical (unpaired) electrons. The van der Waals surface area contributed by atoms with Gasteiger partial charge in [-0.05, 0) is 28.3 Å². The fourth-order valence-corrected chi connectivity index (χ4v) is 4.85. The van der Waals surface area contributed by atoms with Crippen molar-refractivity contribution < 1.29 is 19.1 Å². The average Bonchev–Trinajstić information content (AvgIpc) is 3.50. The Kier molecular flexibility index (Phi) is 8.35. The Hall–Kier alpha value is -5.43. The summed E-state index contributed by atoms with van der Waals surface area (Å²) in [5.41, 5.74) is 3.49.